The minimum Gasteiger partial charge on any atom is -0.395 e. The Labute approximate surface area is 108 Å². The third-order valence-electron chi connectivity index (χ3n) is 2.77. The molecule has 0 unspecified atom stereocenters. The fourth-order valence-electron chi connectivity index (χ4n) is 1.79. The second-order valence-electron chi connectivity index (χ2n) is 3.94. The molecule has 0 atom stereocenters. The number of rotatable bonds is 7. The molecule has 102 valence electrons. The summed E-state index contributed by atoms with van der Waals surface area (Å²) in [6.07, 6.45) is 0. The lowest BCUT2D eigenvalue weighted by Gasteiger charge is -2.20. The summed E-state index contributed by atoms with van der Waals surface area (Å²) in [5.41, 5.74) is 7.14. The number of hydrogen-bond acceptors (Lipinski definition) is 4. The maximum Gasteiger partial charge on any atom is 0.218 e. The Morgan fingerprint density at radius 1 is 1.28 bits per heavy atom. The van der Waals surface area contributed by atoms with Gasteiger partial charge in [0.1, 0.15) is 0 Å². The molecular formula is C12H20N2O3S. The Morgan fingerprint density at radius 3 is 2.39 bits per heavy atom. The number of aliphatic hydroxyl groups excluding tert-OH is 1. The Hall–Kier alpha value is -0.950. The van der Waals surface area contributed by atoms with Crippen LogP contribution in [0.2, 0.25) is 0 Å². The van der Waals surface area contributed by atoms with Crippen molar-refractivity contribution in [2.24, 2.45) is 5.73 Å². The largest absolute Gasteiger partial charge is 0.395 e. The summed E-state index contributed by atoms with van der Waals surface area (Å²) in [6, 6.07) is 7.23. The first-order valence-corrected chi connectivity index (χ1v) is 7.51. The van der Waals surface area contributed by atoms with Crippen molar-refractivity contribution in [3.05, 3.63) is 35.4 Å². The molecule has 0 saturated carbocycles. The van der Waals surface area contributed by atoms with Crippen molar-refractivity contribution in [2.45, 2.75) is 19.2 Å². The van der Waals surface area contributed by atoms with E-state index in [2.05, 4.69) is 0 Å². The predicted octanol–water partition coefficient (Wildman–Crippen LogP) is 0.289. The van der Waals surface area contributed by atoms with E-state index in [1.807, 2.05) is 12.1 Å². The fourth-order valence-corrected chi connectivity index (χ4v) is 3.40. The molecule has 1 rings (SSSR count). The SMILES string of the molecule is CCN(CCO)S(=O)(=O)Cc1ccccc1CN. The average molecular weight is 272 g/mol. The van der Waals surface area contributed by atoms with Crippen LogP contribution in [0.25, 0.3) is 0 Å². The van der Waals surface area contributed by atoms with Gasteiger partial charge in [-0.2, -0.15) is 4.31 Å². The second-order valence-corrected chi connectivity index (χ2v) is 5.91. The smallest absolute Gasteiger partial charge is 0.218 e. The molecule has 0 heterocycles. The van der Waals surface area contributed by atoms with Gasteiger partial charge in [-0.1, -0.05) is 31.2 Å². The van der Waals surface area contributed by atoms with Crippen LogP contribution in [0.5, 0.6) is 0 Å². The molecule has 1 aromatic carbocycles. The minimum atomic E-state index is -3.40. The first kappa shape index (κ1) is 15.1. The third-order valence-corrected chi connectivity index (χ3v) is 4.68. The van der Waals surface area contributed by atoms with Gasteiger partial charge in [0.2, 0.25) is 10.0 Å². The summed E-state index contributed by atoms with van der Waals surface area (Å²) in [5, 5.41) is 8.87. The van der Waals surface area contributed by atoms with Crippen LogP contribution in [0.15, 0.2) is 24.3 Å². The summed E-state index contributed by atoms with van der Waals surface area (Å²) in [5.74, 6) is -0.0752. The normalized spacial score (nSPS) is 12.0. The lowest BCUT2D eigenvalue weighted by atomic mass is 10.1. The van der Waals surface area contributed by atoms with Crippen molar-refractivity contribution < 1.29 is 13.5 Å². The molecule has 1 aromatic rings. The van der Waals surface area contributed by atoms with Gasteiger partial charge in [0.25, 0.3) is 0 Å². The monoisotopic (exact) mass is 272 g/mol. The standard InChI is InChI=1S/C12H20N2O3S/c1-2-14(7-8-15)18(16,17)10-12-6-4-3-5-11(12)9-13/h3-6,15H,2,7-10,13H2,1H3. The second kappa shape index (κ2) is 6.84. The molecule has 0 aliphatic heterocycles. The van der Waals surface area contributed by atoms with E-state index in [-0.39, 0.29) is 18.9 Å². The molecule has 0 spiro atoms. The van der Waals surface area contributed by atoms with Crippen molar-refractivity contribution in [1.82, 2.24) is 4.31 Å². The van der Waals surface area contributed by atoms with E-state index < -0.39 is 10.0 Å². The van der Waals surface area contributed by atoms with E-state index in [9.17, 15) is 8.42 Å². The van der Waals surface area contributed by atoms with Gasteiger partial charge in [0.05, 0.1) is 12.4 Å². The first-order chi connectivity index (χ1) is 8.55. The lowest BCUT2D eigenvalue weighted by Crippen LogP contribution is -2.34. The van der Waals surface area contributed by atoms with E-state index in [4.69, 9.17) is 10.8 Å². The molecule has 6 heteroatoms. The number of likely N-dealkylation sites (N-methyl/N-ethyl adjacent to an activating group) is 1. The van der Waals surface area contributed by atoms with Crippen molar-refractivity contribution in [3.8, 4) is 0 Å². The number of nitrogens with two attached hydrogens (primary N) is 1. The maximum atomic E-state index is 12.2. The fraction of sp³-hybridized carbons (Fsp3) is 0.500. The molecule has 18 heavy (non-hydrogen) atoms. The summed E-state index contributed by atoms with van der Waals surface area (Å²) in [6.45, 7) is 2.38. The molecule has 0 fully saturated rings. The van der Waals surface area contributed by atoms with Crippen LogP contribution in [0, 0.1) is 0 Å². The Balaban J connectivity index is 2.94. The van der Waals surface area contributed by atoms with Crippen LogP contribution < -0.4 is 5.73 Å². The maximum absolute atomic E-state index is 12.2. The summed E-state index contributed by atoms with van der Waals surface area (Å²) < 4.78 is 25.6. The van der Waals surface area contributed by atoms with Gasteiger partial charge in [-0.15, -0.1) is 0 Å². The van der Waals surface area contributed by atoms with E-state index in [0.717, 1.165) is 11.1 Å². The van der Waals surface area contributed by atoms with Crippen LogP contribution >= 0.6 is 0 Å². The summed E-state index contributed by atoms with van der Waals surface area (Å²) >= 11 is 0. The minimum absolute atomic E-state index is 0.0752. The number of benzene rings is 1. The zero-order chi connectivity index (χ0) is 13.6. The highest BCUT2D eigenvalue weighted by Crippen LogP contribution is 2.14. The Kier molecular flexibility index (Phi) is 5.74. The highest BCUT2D eigenvalue weighted by atomic mass is 32.2. The lowest BCUT2D eigenvalue weighted by molar-refractivity contribution is 0.257. The number of nitrogens with zero attached hydrogens (tertiary/aromatic N) is 1. The van der Waals surface area contributed by atoms with Crippen molar-refractivity contribution in [1.29, 1.82) is 0 Å². The number of hydrogen-bond donors (Lipinski definition) is 2. The van der Waals surface area contributed by atoms with Gasteiger partial charge in [0, 0.05) is 19.6 Å². The van der Waals surface area contributed by atoms with Gasteiger partial charge in [0.15, 0.2) is 0 Å². The molecule has 0 radical (unpaired) electrons. The first-order valence-electron chi connectivity index (χ1n) is 5.90. The molecule has 0 aromatic heterocycles. The molecule has 0 bridgehead atoms. The van der Waals surface area contributed by atoms with Crippen molar-refractivity contribution in [3.63, 3.8) is 0 Å². The van der Waals surface area contributed by atoms with E-state index in [1.54, 1.807) is 19.1 Å². The third kappa shape index (κ3) is 3.78. The van der Waals surface area contributed by atoms with Crippen molar-refractivity contribution >= 4 is 10.0 Å². The zero-order valence-electron chi connectivity index (χ0n) is 10.5. The molecular weight excluding hydrogens is 252 g/mol. The average Bonchev–Trinajstić information content (AvgIpc) is 2.35. The van der Waals surface area contributed by atoms with E-state index in [0.29, 0.717) is 13.1 Å². The van der Waals surface area contributed by atoms with Crippen LogP contribution in [0.3, 0.4) is 0 Å². The van der Waals surface area contributed by atoms with Crippen LogP contribution in [0.4, 0.5) is 0 Å². The van der Waals surface area contributed by atoms with Gasteiger partial charge in [-0.25, -0.2) is 8.42 Å². The molecule has 0 aliphatic rings. The molecule has 5 nitrogen and oxygen atoms in total. The molecule has 0 amide bonds. The highest BCUT2D eigenvalue weighted by Gasteiger charge is 2.21. The predicted molar refractivity (Wildman–Crippen MR) is 71.3 cm³/mol. The van der Waals surface area contributed by atoms with Crippen LogP contribution in [0.1, 0.15) is 18.1 Å². The number of aliphatic hydroxyl groups is 1. The number of sulfonamides is 1. The highest BCUT2D eigenvalue weighted by molar-refractivity contribution is 7.88. The van der Waals surface area contributed by atoms with Gasteiger partial charge in [-0.05, 0) is 11.1 Å². The quantitative estimate of drug-likeness (QED) is 0.747. The summed E-state index contributed by atoms with van der Waals surface area (Å²) in [7, 11) is -3.40. The molecule has 3 N–H and O–H groups in total. The van der Waals surface area contributed by atoms with E-state index >= 15 is 0 Å². The molecule has 0 aliphatic carbocycles. The zero-order valence-corrected chi connectivity index (χ0v) is 11.4. The van der Waals surface area contributed by atoms with Crippen LogP contribution in [-0.4, -0.2) is 37.5 Å². The van der Waals surface area contributed by atoms with Gasteiger partial charge in [-0.3, -0.25) is 0 Å². The summed E-state index contributed by atoms with van der Waals surface area (Å²) in [4.78, 5) is 0. The topological polar surface area (TPSA) is 83.6 Å². The van der Waals surface area contributed by atoms with Gasteiger partial charge < -0.3 is 10.8 Å². The van der Waals surface area contributed by atoms with Crippen molar-refractivity contribution in [2.75, 3.05) is 19.7 Å². The molecule has 0 saturated heterocycles. The van der Waals surface area contributed by atoms with Gasteiger partial charge >= 0.3 is 0 Å². The Morgan fingerprint density at radius 2 is 1.89 bits per heavy atom. The van der Waals surface area contributed by atoms with Crippen LogP contribution in [-0.2, 0) is 22.3 Å². The van der Waals surface area contributed by atoms with E-state index in [1.165, 1.54) is 4.31 Å². The Bertz CT molecular complexity index is 474.